The number of alkyl halides is 4. The molecule has 17 heavy (non-hydrogen) atoms. The van der Waals surface area contributed by atoms with E-state index in [1.165, 1.54) is 0 Å². The molecule has 2 rings (SSSR count). The van der Waals surface area contributed by atoms with Crippen LogP contribution in [0.4, 0.5) is 18.3 Å². The number of nitrogens with zero attached hydrogens (tertiary/aromatic N) is 2. The van der Waals surface area contributed by atoms with Crippen molar-refractivity contribution in [3.8, 4) is 0 Å². The molecular weight excluding hydrogens is 275 g/mol. The van der Waals surface area contributed by atoms with Gasteiger partial charge in [0.05, 0.1) is 0 Å². The van der Waals surface area contributed by atoms with Crippen LogP contribution in [0.1, 0.15) is 24.3 Å². The Morgan fingerprint density at radius 3 is 2.65 bits per heavy atom. The van der Waals surface area contributed by atoms with Crippen LogP contribution in [-0.4, -0.2) is 22.1 Å². The van der Waals surface area contributed by atoms with Gasteiger partial charge in [-0.1, -0.05) is 11.3 Å². The predicted molar refractivity (Wildman–Crippen MR) is 60.4 cm³/mol. The van der Waals surface area contributed by atoms with E-state index in [0.717, 1.165) is 19.3 Å². The Balaban J connectivity index is 1.85. The molecule has 1 aliphatic rings. The number of aromatic nitrogens is 2. The molecule has 1 aromatic heterocycles. The van der Waals surface area contributed by atoms with Crippen LogP contribution in [0.5, 0.6) is 0 Å². The summed E-state index contributed by atoms with van der Waals surface area (Å²) in [4.78, 5) is 0. The Hall–Kier alpha value is -0.560. The van der Waals surface area contributed by atoms with Crippen LogP contribution in [-0.2, 0) is 6.18 Å². The molecule has 1 saturated carbocycles. The van der Waals surface area contributed by atoms with E-state index in [9.17, 15) is 13.2 Å². The maximum atomic E-state index is 12.3. The average Bonchev–Trinajstić information content (AvgIpc) is 2.82. The van der Waals surface area contributed by atoms with Gasteiger partial charge in [0.25, 0.3) is 0 Å². The van der Waals surface area contributed by atoms with Crippen LogP contribution in [0.3, 0.4) is 0 Å². The third-order valence-electron chi connectivity index (χ3n) is 2.69. The minimum atomic E-state index is -4.41. The van der Waals surface area contributed by atoms with Crippen LogP contribution in [0.15, 0.2) is 0 Å². The quantitative estimate of drug-likeness (QED) is 0.865. The summed E-state index contributed by atoms with van der Waals surface area (Å²) in [5, 5.41) is 8.95. The number of nitrogens with one attached hydrogen (secondary N) is 1. The van der Waals surface area contributed by atoms with Crippen LogP contribution >= 0.6 is 22.9 Å². The molecule has 1 N–H and O–H groups in total. The maximum Gasteiger partial charge on any atom is 0.445 e. The smallest absolute Gasteiger partial charge is 0.360 e. The molecule has 0 aromatic carbocycles. The third-order valence-corrected chi connectivity index (χ3v) is 4.01. The molecular formula is C9H11ClF3N3S. The summed E-state index contributed by atoms with van der Waals surface area (Å²) in [5.74, 6) is 0.413. The van der Waals surface area contributed by atoms with Gasteiger partial charge in [-0.2, -0.15) is 13.2 Å². The topological polar surface area (TPSA) is 37.8 Å². The maximum absolute atomic E-state index is 12.3. The van der Waals surface area contributed by atoms with Crippen molar-refractivity contribution in [3.05, 3.63) is 5.01 Å². The first-order valence-electron chi connectivity index (χ1n) is 5.24. The van der Waals surface area contributed by atoms with Gasteiger partial charge in [0.2, 0.25) is 10.1 Å². The lowest BCUT2D eigenvalue weighted by atomic mass is 10.1. The highest BCUT2D eigenvalue weighted by Crippen LogP contribution is 2.34. The molecule has 2 atom stereocenters. The van der Waals surface area contributed by atoms with Gasteiger partial charge < -0.3 is 5.32 Å². The Morgan fingerprint density at radius 1 is 1.35 bits per heavy atom. The number of rotatable bonds is 3. The van der Waals surface area contributed by atoms with Gasteiger partial charge in [-0.3, -0.25) is 0 Å². The van der Waals surface area contributed by atoms with E-state index in [1.54, 1.807) is 0 Å². The first-order chi connectivity index (χ1) is 7.95. The first kappa shape index (κ1) is 12.9. The summed E-state index contributed by atoms with van der Waals surface area (Å²) in [6.07, 6.45) is -1.53. The van der Waals surface area contributed by atoms with Crippen molar-refractivity contribution in [2.75, 3.05) is 11.9 Å². The monoisotopic (exact) mass is 285 g/mol. The molecule has 1 heterocycles. The van der Waals surface area contributed by atoms with Gasteiger partial charge in [0.1, 0.15) is 0 Å². The minimum absolute atomic E-state index is 0.196. The Bertz CT molecular complexity index is 382. The highest BCUT2D eigenvalue weighted by Gasteiger charge is 2.35. The highest BCUT2D eigenvalue weighted by molar-refractivity contribution is 7.15. The minimum Gasteiger partial charge on any atom is -0.360 e. The molecule has 8 heteroatoms. The molecule has 1 fully saturated rings. The molecule has 1 aromatic rings. The van der Waals surface area contributed by atoms with Crippen molar-refractivity contribution >= 4 is 28.1 Å². The van der Waals surface area contributed by atoms with Gasteiger partial charge >= 0.3 is 6.18 Å². The zero-order valence-corrected chi connectivity index (χ0v) is 10.4. The molecule has 0 aliphatic heterocycles. The van der Waals surface area contributed by atoms with E-state index in [4.69, 9.17) is 11.6 Å². The Labute approximate surface area is 105 Å². The fourth-order valence-electron chi connectivity index (χ4n) is 1.84. The zero-order valence-electron chi connectivity index (χ0n) is 8.80. The average molecular weight is 286 g/mol. The van der Waals surface area contributed by atoms with Crippen molar-refractivity contribution in [1.82, 2.24) is 10.2 Å². The zero-order chi connectivity index (χ0) is 12.5. The molecule has 3 nitrogen and oxygen atoms in total. The molecule has 0 spiro atoms. The van der Waals surface area contributed by atoms with Gasteiger partial charge in [0, 0.05) is 11.9 Å². The van der Waals surface area contributed by atoms with Gasteiger partial charge in [-0.05, 0) is 25.2 Å². The summed E-state index contributed by atoms with van der Waals surface area (Å²) in [7, 11) is 0. The summed E-state index contributed by atoms with van der Waals surface area (Å²) in [6, 6.07) is 0. The van der Waals surface area contributed by atoms with E-state index in [1.807, 2.05) is 0 Å². The van der Waals surface area contributed by atoms with Crippen LogP contribution < -0.4 is 5.32 Å². The molecule has 2 unspecified atom stereocenters. The van der Waals surface area contributed by atoms with E-state index >= 15 is 0 Å². The Morgan fingerprint density at radius 2 is 2.12 bits per heavy atom. The second-order valence-electron chi connectivity index (χ2n) is 4.07. The van der Waals surface area contributed by atoms with Crippen LogP contribution in [0, 0.1) is 5.92 Å². The van der Waals surface area contributed by atoms with Crippen LogP contribution in [0.25, 0.3) is 0 Å². The van der Waals surface area contributed by atoms with Crippen molar-refractivity contribution in [2.45, 2.75) is 30.8 Å². The number of hydrogen-bond donors (Lipinski definition) is 1. The second kappa shape index (κ2) is 4.97. The van der Waals surface area contributed by atoms with Gasteiger partial charge in [-0.15, -0.1) is 21.8 Å². The third kappa shape index (κ3) is 3.45. The molecule has 0 bridgehead atoms. The lowest BCUT2D eigenvalue weighted by Gasteiger charge is -2.08. The SMILES string of the molecule is FC(F)(F)c1nnc(NCC2CCC(Cl)C2)s1. The van der Waals surface area contributed by atoms with Gasteiger partial charge in [-0.25, -0.2) is 0 Å². The van der Waals surface area contributed by atoms with Crippen molar-refractivity contribution in [1.29, 1.82) is 0 Å². The van der Waals surface area contributed by atoms with E-state index in [2.05, 4.69) is 15.5 Å². The summed E-state index contributed by atoms with van der Waals surface area (Å²) in [5.41, 5.74) is 0. The Kier molecular flexibility index (Phi) is 3.77. The fourth-order valence-corrected chi connectivity index (χ4v) is 2.84. The van der Waals surface area contributed by atoms with Crippen molar-refractivity contribution < 1.29 is 13.2 Å². The number of halogens is 4. The predicted octanol–water partition coefficient (Wildman–Crippen LogP) is 3.38. The van der Waals surface area contributed by atoms with Gasteiger partial charge in [0.15, 0.2) is 0 Å². The van der Waals surface area contributed by atoms with E-state index in [-0.39, 0.29) is 10.5 Å². The normalized spacial score (nSPS) is 25.2. The van der Waals surface area contributed by atoms with Crippen LogP contribution in [0.2, 0.25) is 0 Å². The summed E-state index contributed by atoms with van der Waals surface area (Å²) in [6.45, 7) is 0.607. The largest absolute Gasteiger partial charge is 0.445 e. The van der Waals surface area contributed by atoms with E-state index in [0.29, 0.717) is 23.8 Å². The summed E-state index contributed by atoms with van der Waals surface area (Å²) >= 11 is 6.48. The summed E-state index contributed by atoms with van der Waals surface area (Å²) < 4.78 is 36.8. The van der Waals surface area contributed by atoms with E-state index < -0.39 is 11.2 Å². The van der Waals surface area contributed by atoms with Crippen molar-refractivity contribution in [2.24, 2.45) is 5.92 Å². The number of hydrogen-bond acceptors (Lipinski definition) is 4. The lowest BCUT2D eigenvalue weighted by Crippen LogP contribution is -2.11. The molecule has 0 amide bonds. The molecule has 0 radical (unpaired) electrons. The molecule has 1 aliphatic carbocycles. The molecule has 0 saturated heterocycles. The lowest BCUT2D eigenvalue weighted by molar-refractivity contribution is -0.138. The number of anilines is 1. The molecule has 96 valence electrons. The second-order valence-corrected chi connectivity index (χ2v) is 5.66. The standard InChI is InChI=1S/C9H11ClF3N3S/c10-6-2-1-5(3-6)4-14-8-16-15-7(17-8)9(11,12)13/h5-6H,1-4H2,(H,14,16). The first-order valence-corrected chi connectivity index (χ1v) is 6.49. The fraction of sp³-hybridized carbons (Fsp3) is 0.778. The van der Waals surface area contributed by atoms with Crippen molar-refractivity contribution in [3.63, 3.8) is 0 Å². The highest BCUT2D eigenvalue weighted by atomic mass is 35.5.